The van der Waals surface area contributed by atoms with Crippen LogP contribution in [-0.2, 0) is 0 Å². The van der Waals surface area contributed by atoms with Crippen molar-refractivity contribution in [1.29, 1.82) is 0 Å². The fraction of sp³-hybridized carbons (Fsp3) is 0.875. The van der Waals surface area contributed by atoms with Crippen molar-refractivity contribution in [3.05, 3.63) is 12.7 Å². The Hall–Kier alpha value is -0.340. The van der Waals surface area contributed by atoms with Gasteiger partial charge < -0.3 is 5.32 Å². The quantitative estimate of drug-likeness (QED) is 0.499. The molecule has 1 unspecified atom stereocenters. The molecule has 18 heavy (non-hydrogen) atoms. The molecule has 0 saturated heterocycles. The molecule has 0 aromatic carbocycles. The maximum Gasteiger partial charge on any atom is 0.0168 e. The molecule has 0 spiro atoms. The van der Waals surface area contributed by atoms with E-state index >= 15 is 0 Å². The lowest BCUT2D eigenvalue weighted by atomic mass is 10.0. The van der Waals surface area contributed by atoms with Crippen LogP contribution in [0.2, 0.25) is 0 Å². The molecule has 0 aromatic rings. The molecule has 2 nitrogen and oxygen atoms in total. The largest absolute Gasteiger partial charge is 0.316 e. The van der Waals surface area contributed by atoms with Gasteiger partial charge in [0, 0.05) is 18.1 Å². The summed E-state index contributed by atoms with van der Waals surface area (Å²) in [7, 11) is 0. The molecule has 0 saturated carbocycles. The molecule has 0 bridgehead atoms. The monoisotopic (exact) mass is 254 g/mol. The lowest BCUT2D eigenvalue weighted by molar-refractivity contribution is 0.0996. The van der Waals surface area contributed by atoms with Gasteiger partial charge in [-0.2, -0.15) is 0 Å². The number of hydrogen-bond donors (Lipinski definition) is 1. The molecule has 0 radical (unpaired) electrons. The van der Waals surface area contributed by atoms with Crippen molar-refractivity contribution < 1.29 is 0 Å². The van der Waals surface area contributed by atoms with Crippen molar-refractivity contribution in [3.63, 3.8) is 0 Å². The Morgan fingerprint density at radius 3 is 2.28 bits per heavy atom. The van der Waals surface area contributed by atoms with Gasteiger partial charge in [0.2, 0.25) is 0 Å². The number of rotatable bonds is 9. The van der Waals surface area contributed by atoms with Gasteiger partial charge in [-0.15, -0.1) is 6.58 Å². The summed E-state index contributed by atoms with van der Waals surface area (Å²) in [4.78, 5) is 2.53. The minimum Gasteiger partial charge on any atom is -0.316 e. The maximum atomic E-state index is 3.87. The van der Waals surface area contributed by atoms with Crippen LogP contribution in [-0.4, -0.2) is 36.1 Å². The average Bonchev–Trinajstić information content (AvgIpc) is 2.23. The molecule has 108 valence electrons. The minimum atomic E-state index is 0.221. The van der Waals surface area contributed by atoms with E-state index in [1.165, 1.54) is 12.8 Å². The van der Waals surface area contributed by atoms with E-state index in [2.05, 4.69) is 58.3 Å². The van der Waals surface area contributed by atoms with Gasteiger partial charge in [0.15, 0.2) is 0 Å². The highest BCUT2D eigenvalue weighted by Gasteiger charge is 2.24. The van der Waals surface area contributed by atoms with Gasteiger partial charge >= 0.3 is 0 Å². The van der Waals surface area contributed by atoms with Crippen LogP contribution in [0.1, 0.15) is 54.4 Å². The van der Waals surface area contributed by atoms with E-state index in [0.717, 1.165) is 25.6 Å². The zero-order valence-corrected chi connectivity index (χ0v) is 13.4. The third kappa shape index (κ3) is 7.88. The van der Waals surface area contributed by atoms with Crippen LogP contribution >= 0.6 is 0 Å². The molecule has 0 rings (SSSR count). The summed E-state index contributed by atoms with van der Waals surface area (Å²) in [6.45, 7) is 20.8. The average molecular weight is 254 g/mol. The van der Waals surface area contributed by atoms with Crippen molar-refractivity contribution in [2.24, 2.45) is 5.92 Å². The van der Waals surface area contributed by atoms with Gasteiger partial charge in [-0.05, 0) is 59.5 Å². The zero-order valence-electron chi connectivity index (χ0n) is 13.4. The predicted molar refractivity (Wildman–Crippen MR) is 83.1 cm³/mol. The number of nitrogens with zero attached hydrogens (tertiary/aromatic N) is 1. The van der Waals surface area contributed by atoms with Gasteiger partial charge in [-0.1, -0.05) is 19.9 Å². The fourth-order valence-corrected chi connectivity index (χ4v) is 2.32. The van der Waals surface area contributed by atoms with Crippen molar-refractivity contribution in [1.82, 2.24) is 10.2 Å². The molecule has 0 fully saturated rings. The number of nitrogens with one attached hydrogen (secondary N) is 1. The summed E-state index contributed by atoms with van der Waals surface area (Å²) in [6, 6.07) is 0.615. The SMILES string of the molecule is C=CCN(C(C)CCCNCC(C)C)C(C)(C)C. The van der Waals surface area contributed by atoms with Gasteiger partial charge in [-0.25, -0.2) is 0 Å². The Morgan fingerprint density at radius 1 is 1.22 bits per heavy atom. The fourth-order valence-electron chi connectivity index (χ4n) is 2.32. The van der Waals surface area contributed by atoms with Gasteiger partial charge in [0.05, 0.1) is 0 Å². The summed E-state index contributed by atoms with van der Waals surface area (Å²) in [5.74, 6) is 0.745. The second-order valence-electron chi connectivity index (χ2n) is 6.70. The standard InChI is InChI=1S/C16H34N2/c1-8-12-18(16(5,6)7)15(4)10-9-11-17-13-14(2)3/h8,14-15,17H,1,9-13H2,2-7H3. The van der Waals surface area contributed by atoms with Crippen LogP contribution in [0, 0.1) is 5.92 Å². The molecule has 2 heteroatoms. The van der Waals surface area contributed by atoms with E-state index < -0.39 is 0 Å². The van der Waals surface area contributed by atoms with E-state index in [-0.39, 0.29) is 5.54 Å². The Morgan fingerprint density at radius 2 is 1.83 bits per heavy atom. The Labute approximate surface area is 115 Å². The van der Waals surface area contributed by atoms with Crippen LogP contribution in [0.5, 0.6) is 0 Å². The highest BCUT2D eigenvalue weighted by molar-refractivity contribution is 4.86. The molecular formula is C16H34N2. The molecule has 0 aliphatic heterocycles. The predicted octanol–water partition coefficient (Wildman–Crippen LogP) is 3.69. The van der Waals surface area contributed by atoms with Crippen molar-refractivity contribution in [3.8, 4) is 0 Å². The van der Waals surface area contributed by atoms with Crippen molar-refractivity contribution >= 4 is 0 Å². The van der Waals surface area contributed by atoms with Crippen LogP contribution in [0.3, 0.4) is 0 Å². The molecule has 1 atom stereocenters. The topological polar surface area (TPSA) is 15.3 Å². The van der Waals surface area contributed by atoms with Crippen molar-refractivity contribution in [2.75, 3.05) is 19.6 Å². The van der Waals surface area contributed by atoms with Crippen LogP contribution in [0.25, 0.3) is 0 Å². The summed E-state index contributed by atoms with van der Waals surface area (Å²) >= 11 is 0. The Kier molecular flexibility index (Phi) is 8.54. The second-order valence-corrected chi connectivity index (χ2v) is 6.70. The molecule has 1 N–H and O–H groups in total. The first kappa shape index (κ1) is 17.7. The van der Waals surface area contributed by atoms with Crippen LogP contribution in [0.15, 0.2) is 12.7 Å². The van der Waals surface area contributed by atoms with E-state index in [4.69, 9.17) is 0 Å². The summed E-state index contributed by atoms with van der Waals surface area (Å²) in [5.41, 5.74) is 0.221. The van der Waals surface area contributed by atoms with E-state index in [9.17, 15) is 0 Å². The van der Waals surface area contributed by atoms with E-state index in [1.807, 2.05) is 6.08 Å². The van der Waals surface area contributed by atoms with Crippen molar-refractivity contribution in [2.45, 2.75) is 66.0 Å². The minimum absolute atomic E-state index is 0.221. The third-order valence-corrected chi connectivity index (χ3v) is 3.25. The van der Waals surface area contributed by atoms with Crippen LogP contribution in [0.4, 0.5) is 0 Å². The lowest BCUT2D eigenvalue weighted by Gasteiger charge is -2.39. The first-order chi connectivity index (χ1) is 8.29. The molecule has 0 aliphatic carbocycles. The zero-order chi connectivity index (χ0) is 14.2. The van der Waals surface area contributed by atoms with E-state index in [1.54, 1.807) is 0 Å². The maximum absolute atomic E-state index is 3.87. The smallest absolute Gasteiger partial charge is 0.0168 e. The molecule has 0 aliphatic rings. The Bertz CT molecular complexity index is 216. The highest BCUT2D eigenvalue weighted by Crippen LogP contribution is 2.19. The number of hydrogen-bond acceptors (Lipinski definition) is 2. The van der Waals surface area contributed by atoms with E-state index in [0.29, 0.717) is 6.04 Å². The summed E-state index contributed by atoms with van der Waals surface area (Å²) < 4.78 is 0. The first-order valence-electron chi connectivity index (χ1n) is 7.37. The molecular weight excluding hydrogens is 220 g/mol. The summed E-state index contributed by atoms with van der Waals surface area (Å²) in [6.07, 6.45) is 4.51. The molecule has 0 aromatic heterocycles. The molecule has 0 heterocycles. The lowest BCUT2D eigenvalue weighted by Crippen LogP contribution is -2.47. The molecule has 0 amide bonds. The third-order valence-electron chi connectivity index (χ3n) is 3.25. The summed E-state index contributed by atoms with van der Waals surface area (Å²) in [5, 5.41) is 3.51. The highest BCUT2D eigenvalue weighted by atomic mass is 15.2. The normalized spacial score (nSPS) is 14.2. The van der Waals surface area contributed by atoms with Gasteiger partial charge in [0.25, 0.3) is 0 Å². The first-order valence-corrected chi connectivity index (χ1v) is 7.37. The second kappa shape index (κ2) is 8.71. The van der Waals surface area contributed by atoms with Gasteiger partial charge in [0.1, 0.15) is 0 Å². The Balaban J connectivity index is 3.96. The van der Waals surface area contributed by atoms with Crippen LogP contribution < -0.4 is 5.32 Å². The van der Waals surface area contributed by atoms with Gasteiger partial charge in [-0.3, -0.25) is 4.90 Å².